The van der Waals surface area contributed by atoms with Gasteiger partial charge in [0.2, 0.25) is 0 Å². The molecule has 6 heteroatoms. The Morgan fingerprint density at radius 3 is 2.69 bits per heavy atom. The Hall–Kier alpha value is -1.14. The summed E-state index contributed by atoms with van der Waals surface area (Å²) < 4.78 is 4.66. The number of ether oxygens (including phenoxy) is 1. The highest BCUT2D eigenvalue weighted by molar-refractivity contribution is 5.73. The molecule has 0 aliphatic rings. The van der Waals surface area contributed by atoms with Gasteiger partial charge in [-0.1, -0.05) is 0 Å². The lowest BCUT2D eigenvalue weighted by molar-refractivity contribution is -0.145. The average molecular weight is 190 g/mol. The van der Waals surface area contributed by atoms with Gasteiger partial charge >= 0.3 is 11.9 Å². The molecule has 0 saturated carbocycles. The highest BCUT2D eigenvalue weighted by Crippen LogP contribution is 1.89. The fourth-order valence-electron chi connectivity index (χ4n) is 0.619. The second-order valence-corrected chi connectivity index (χ2v) is 2.48. The van der Waals surface area contributed by atoms with E-state index in [2.05, 4.69) is 10.1 Å². The Balaban J connectivity index is 3.44. The molecule has 0 aromatic rings. The molecule has 0 aliphatic heterocycles. The van der Waals surface area contributed by atoms with Crippen LogP contribution in [0.2, 0.25) is 0 Å². The number of nitrogens with one attached hydrogen (secondary N) is 1. The third-order valence-corrected chi connectivity index (χ3v) is 1.33. The van der Waals surface area contributed by atoms with Crippen LogP contribution in [0.1, 0.15) is 6.42 Å². The quantitative estimate of drug-likeness (QED) is 0.443. The average Bonchev–Trinajstić information content (AvgIpc) is 2.04. The van der Waals surface area contributed by atoms with Gasteiger partial charge in [0, 0.05) is 6.42 Å². The molecule has 13 heavy (non-hydrogen) atoms. The molecule has 6 nitrogen and oxygen atoms in total. The maximum absolute atomic E-state index is 10.7. The first-order chi connectivity index (χ1) is 6.07. The smallest absolute Gasteiger partial charge is 0.320 e. The van der Waals surface area contributed by atoms with Gasteiger partial charge in [0.15, 0.2) is 0 Å². The van der Waals surface area contributed by atoms with Gasteiger partial charge in [0.05, 0.1) is 13.2 Å². The Kier molecular flexibility index (Phi) is 5.82. The number of esters is 1. The Labute approximate surface area is 76.0 Å². The van der Waals surface area contributed by atoms with Crippen molar-refractivity contribution in [1.29, 1.82) is 0 Å². The second kappa shape index (κ2) is 6.38. The van der Waals surface area contributed by atoms with Crippen molar-refractivity contribution < 1.29 is 19.4 Å². The standard InChI is InChI=1S/C7H14N2O4/c1-9-4-6(10)13-3-2-5(8)7(11)12/h5,9H,2-4,8H2,1H3,(H,11,12)/t5-/m0/s1. The lowest BCUT2D eigenvalue weighted by Crippen LogP contribution is -2.32. The topological polar surface area (TPSA) is 102 Å². The number of carbonyl (C=O) groups excluding carboxylic acids is 1. The fraction of sp³-hybridized carbons (Fsp3) is 0.714. The van der Waals surface area contributed by atoms with Crippen LogP contribution in [0.5, 0.6) is 0 Å². The molecule has 0 unspecified atom stereocenters. The molecule has 0 amide bonds. The van der Waals surface area contributed by atoms with Gasteiger partial charge in [-0.3, -0.25) is 9.59 Å². The predicted molar refractivity (Wildman–Crippen MR) is 45.1 cm³/mol. The van der Waals surface area contributed by atoms with Crippen LogP contribution < -0.4 is 11.1 Å². The summed E-state index contributed by atoms with van der Waals surface area (Å²) in [6.45, 7) is 0.149. The zero-order valence-corrected chi connectivity index (χ0v) is 7.45. The van der Waals surface area contributed by atoms with Crippen molar-refractivity contribution in [3.05, 3.63) is 0 Å². The summed E-state index contributed by atoms with van der Waals surface area (Å²) in [5, 5.41) is 11.0. The molecular weight excluding hydrogens is 176 g/mol. The number of hydrogen-bond acceptors (Lipinski definition) is 5. The first kappa shape index (κ1) is 11.9. The fourth-order valence-corrected chi connectivity index (χ4v) is 0.619. The lowest BCUT2D eigenvalue weighted by atomic mass is 10.2. The van der Waals surface area contributed by atoms with Crippen LogP contribution in [0.25, 0.3) is 0 Å². The van der Waals surface area contributed by atoms with E-state index in [-0.39, 0.29) is 19.6 Å². The number of aliphatic carboxylic acids is 1. The first-order valence-corrected chi connectivity index (χ1v) is 3.86. The van der Waals surface area contributed by atoms with Gasteiger partial charge < -0.3 is 20.9 Å². The molecule has 4 N–H and O–H groups in total. The minimum Gasteiger partial charge on any atom is -0.480 e. The molecule has 0 saturated heterocycles. The van der Waals surface area contributed by atoms with Crippen LogP contribution in [-0.2, 0) is 14.3 Å². The molecule has 76 valence electrons. The number of rotatable bonds is 6. The van der Waals surface area contributed by atoms with Crippen molar-refractivity contribution in [2.45, 2.75) is 12.5 Å². The van der Waals surface area contributed by atoms with Gasteiger partial charge in [-0.2, -0.15) is 0 Å². The van der Waals surface area contributed by atoms with Gasteiger partial charge in [-0.05, 0) is 7.05 Å². The maximum Gasteiger partial charge on any atom is 0.320 e. The minimum absolute atomic E-state index is 0.0357. The Morgan fingerprint density at radius 2 is 2.23 bits per heavy atom. The van der Waals surface area contributed by atoms with Crippen molar-refractivity contribution >= 4 is 11.9 Å². The predicted octanol–water partition coefficient (Wildman–Crippen LogP) is -1.45. The number of likely N-dealkylation sites (N-methyl/N-ethyl adjacent to an activating group) is 1. The van der Waals surface area contributed by atoms with Crippen molar-refractivity contribution in [3.63, 3.8) is 0 Å². The molecule has 1 atom stereocenters. The molecule has 0 rings (SSSR count). The van der Waals surface area contributed by atoms with Crippen LogP contribution in [-0.4, -0.2) is 43.3 Å². The van der Waals surface area contributed by atoms with E-state index in [1.165, 1.54) is 0 Å². The summed E-state index contributed by atoms with van der Waals surface area (Å²) in [5.41, 5.74) is 5.17. The SMILES string of the molecule is CNCC(=O)OCC[C@H](N)C(=O)O. The number of hydrogen-bond donors (Lipinski definition) is 3. The maximum atomic E-state index is 10.7. The molecule has 0 heterocycles. The summed E-state index contributed by atoms with van der Waals surface area (Å²) in [6.07, 6.45) is 0.130. The molecule has 0 bridgehead atoms. The molecule has 0 aromatic carbocycles. The highest BCUT2D eigenvalue weighted by Gasteiger charge is 2.11. The number of carbonyl (C=O) groups is 2. The van der Waals surface area contributed by atoms with E-state index in [4.69, 9.17) is 10.8 Å². The minimum atomic E-state index is -1.09. The van der Waals surface area contributed by atoms with Gasteiger partial charge in [0.1, 0.15) is 6.04 Å². The summed E-state index contributed by atoms with van der Waals surface area (Å²) in [6, 6.07) is -0.970. The molecule has 0 aliphatic carbocycles. The number of carboxylic acid groups (broad SMARTS) is 1. The molecule has 0 fully saturated rings. The van der Waals surface area contributed by atoms with Crippen LogP contribution in [0.3, 0.4) is 0 Å². The number of nitrogens with two attached hydrogens (primary N) is 1. The van der Waals surface area contributed by atoms with E-state index < -0.39 is 18.0 Å². The van der Waals surface area contributed by atoms with Crippen molar-refractivity contribution in [3.8, 4) is 0 Å². The van der Waals surface area contributed by atoms with E-state index in [9.17, 15) is 9.59 Å². The van der Waals surface area contributed by atoms with Gasteiger partial charge in [-0.15, -0.1) is 0 Å². The normalized spacial score (nSPS) is 12.2. The monoisotopic (exact) mass is 190 g/mol. The van der Waals surface area contributed by atoms with Gasteiger partial charge in [-0.25, -0.2) is 0 Å². The number of carboxylic acids is 1. The van der Waals surface area contributed by atoms with Crippen molar-refractivity contribution in [2.24, 2.45) is 5.73 Å². The second-order valence-electron chi connectivity index (χ2n) is 2.48. The third kappa shape index (κ3) is 6.06. The van der Waals surface area contributed by atoms with E-state index in [1.54, 1.807) is 7.05 Å². The summed E-state index contributed by atoms with van der Waals surface area (Å²) in [4.78, 5) is 20.9. The summed E-state index contributed by atoms with van der Waals surface area (Å²) in [7, 11) is 1.62. The van der Waals surface area contributed by atoms with Crippen LogP contribution in [0.15, 0.2) is 0 Å². The van der Waals surface area contributed by atoms with Crippen molar-refractivity contribution in [1.82, 2.24) is 5.32 Å². The van der Waals surface area contributed by atoms with E-state index >= 15 is 0 Å². The molecule has 0 aromatic heterocycles. The molecular formula is C7H14N2O4. The third-order valence-electron chi connectivity index (χ3n) is 1.33. The first-order valence-electron chi connectivity index (χ1n) is 3.86. The highest BCUT2D eigenvalue weighted by atomic mass is 16.5. The Morgan fingerprint density at radius 1 is 1.62 bits per heavy atom. The summed E-state index contributed by atoms with van der Waals surface area (Å²) in [5.74, 6) is -1.51. The van der Waals surface area contributed by atoms with E-state index in [1.807, 2.05) is 0 Å². The zero-order chi connectivity index (χ0) is 10.3. The summed E-state index contributed by atoms with van der Waals surface area (Å²) >= 11 is 0. The van der Waals surface area contributed by atoms with E-state index in [0.29, 0.717) is 0 Å². The molecule has 0 radical (unpaired) electrons. The zero-order valence-electron chi connectivity index (χ0n) is 7.45. The molecule has 0 spiro atoms. The Bertz CT molecular complexity index is 183. The van der Waals surface area contributed by atoms with Gasteiger partial charge in [0.25, 0.3) is 0 Å². The van der Waals surface area contributed by atoms with Crippen molar-refractivity contribution in [2.75, 3.05) is 20.2 Å². The van der Waals surface area contributed by atoms with Crippen LogP contribution in [0.4, 0.5) is 0 Å². The lowest BCUT2D eigenvalue weighted by Gasteiger charge is -2.06. The largest absolute Gasteiger partial charge is 0.480 e. The van der Waals surface area contributed by atoms with Crippen LogP contribution >= 0.6 is 0 Å². The van der Waals surface area contributed by atoms with E-state index in [0.717, 1.165) is 0 Å². The van der Waals surface area contributed by atoms with Crippen LogP contribution in [0, 0.1) is 0 Å².